The fourth-order valence-corrected chi connectivity index (χ4v) is 2.43. The van der Waals surface area contributed by atoms with Crippen LogP contribution in [0.1, 0.15) is 31.4 Å². The number of anilines is 1. The maximum atomic E-state index is 13.6. The average molecular weight is 302 g/mol. The van der Waals surface area contributed by atoms with Crippen molar-refractivity contribution in [3.63, 3.8) is 0 Å². The van der Waals surface area contributed by atoms with Crippen molar-refractivity contribution >= 4 is 23.0 Å². The highest BCUT2D eigenvalue weighted by Crippen LogP contribution is 2.19. The quantitative estimate of drug-likeness (QED) is 0.786. The van der Waals surface area contributed by atoms with Gasteiger partial charge in [-0.25, -0.2) is 4.39 Å². The zero-order valence-electron chi connectivity index (χ0n) is 12.0. The van der Waals surface area contributed by atoms with Crippen LogP contribution in [0.25, 0.3) is 0 Å². The van der Waals surface area contributed by atoms with Gasteiger partial charge in [-0.1, -0.05) is 55.8 Å². The Balaban J connectivity index is 2.04. The molecule has 110 valence electrons. The molecule has 2 aromatic carbocycles. The molecule has 0 amide bonds. The van der Waals surface area contributed by atoms with Crippen molar-refractivity contribution in [3.8, 4) is 0 Å². The molecule has 2 N–H and O–H groups in total. The lowest BCUT2D eigenvalue weighted by Gasteiger charge is -2.21. The molecule has 1 atom stereocenters. The summed E-state index contributed by atoms with van der Waals surface area (Å²) in [6.07, 6.45) is 2.00. The third-order valence-corrected chi connectivity index (χ3v) is 3.43. The molecule has 4 heteroatoms. The Hall–Kier alpha value is -1.94. The van der Waals surface area contributed by atoms with Crippen molar-refractivity contribution in [2.24, 2.45) is 0 Å². The number of benzene rings is 2. The molecule has 0 aliphatic carbocycles. The molecule has 0 aliphatic heterocycles. The molecular formula is C17H19FN2S. The maximum Gasteiger partial charge on any atom is 0.171 e. The highest BCUT2D eigenvalue weighted by molar-refractivity contribution is 7.80. The van der Waals surface area contributed by atoms with Gasteiger partial charge in [0.05, 0.1) is 11.7 Å². The SMILES string of the molecule is CCC[C@@H](NC(=S)Nc1ccccc1F)c1ccccc1. The molecule has 0 radical (unpaired) electrons. The number of nitrogens with one attached hydrogen (secondary N) is 2. The minimum absolute atomic E-state index is 0.128. The normalized spacial score (nSPS) is 11.7. The van der Waals surface area contributed by atoms with Crippen LogP contribution in [0.3, 0.4) is 0 Å². The molecule has 0 aromatic heterocycles. The van der Waals surface area contributed by atoms with Crippen LogP contribution >= 0.6 is 12.2 Å². The third kappa shape index (κ3) is 4.53. The predicted molar refractivity (Wildman–Crippen MR) is 89.8 cm³/mol. The smallest absolute Gasteiger partial charge is 0.171 e. The van der Waals surface area contributed by atoms with Gasteiger partial charge in [0.15, 0.2) is 5.11 Å². The number of halogens is 1. The van der Waals surface area contributed by atoms with Crippen LogP contribution < -0.4 is 10.6 Å². The molecular weight excluding hydrogens is 283 g/mol. The lowest BCUT2D eigenvalue weighted by molar-refractivity contribution is 0.583. The van der Waals surface area contributed by atoms with E-state index in [-0.39, 0.29) is 11.9 Å². The fourth-order valence-electron chi connectivity index (χ4n) is 2.18. The van der Waals surface area contributed by atoms with Crippen LogP contribution in [-0.4, -0.2) is 5.11 Å². The molecule has 0 heterocycles. The Morgan fingerprint density at radius 1 is 1.10 bits per heavy atom. The topological polar surface area (TPSA) is 24.1 Å². The first-order valence-electron chi connectivity index (χ1n) is 7.07. The van der Waals surface area contributed by atoms with E-state index in [9.17, 15) is 4.39 Å². The van der Waals surface area contributed by atoms with Crippen LogP contribution in [0.4, 0.5) is 10.1 Å². The summed E-state index contributed by atoms with van der Waals surface area (Å²) in [6.45, 7) is 2.13. The van der Waals surface area contributed by atoms with Gasteiger partial charge in [0.1, 0.15) is 5.82 Å². The van der Waals surface area contributed by atoms with Gasteiger partial charge in [-0.3, -0.25) is 0 Å². The van der Waals surface area contributed by atoms with Crippen molar-refractivity contribution < 1.29 is 4.39 Å². The van der Waals surface area contributed by atoms with E-state index in [0.29, 0.717) is 10.8 Å². The minimum atomic E-state index is -0.312. The van der Waals surface area contributed by atoms with E-state index in [1.807, 2.05) is 18.2 Å². The summed E-state index contributed by atoms with van der Waals surface area (Å²) in [7, 11) is 0. The molecule has 0 fully saturated rings. The summed E-state index contributed by atoms with van der Waals surface area (Å²) >= 11 is 5.30. The Morgan fingerprint density at radius 2 is 1.76 bits per heavy atom. The monoisotopic (exact) mass is 302 g/mol. The Morgan fingerprint density at radius 3 is 2.43 bits per heavy atom. The molecule has 2 nitrogen and oxygen atoms in total. The van der Waals surface area contributed by atoms with Crippen LogP contribution in [0.5, 0.6) is 0 Å². The van der Waals surface area contributed by atoms with Crippen LogP contribution in [0, 0.1) is 5.82 Å². The molecule has 0 saturated heterocycles. The van der Waals surface area contributed by atoms with E-state index in [1.54, 1.807) is 18.2 Å². The molecule has 0 unspecified atom stereocenters. The first-order chi connectivity index (χ1) is 10.2. The first kappa shape index (κ1) is 15.4. The van der Waals surface area contributed by atoms with Crippen LogP contribution in [0.15, 0.2) is 54.6 Å². The number of hydrogen-bond acceptors (Lipinski definition) is 1. The van der Waals surface area contributed by atoms with Crippen molar-refractivity contribution in [3.05, 3.63) is 66.0 Å². The van der Waals surface area contributed by atoms with E-state index in [0.717, 1.165) is 12.8 Å². The summed E-state index contributed by atoms with van der Waals surface area (Å²) in [4.78, 5) is 0. The van der Waals surface area contributed by atoms with Gasteiger partial charge in [0.25, 0.3) is 0 Å². The molecule has 2 rings (SSSR count). The highest BCUT2D eigenvalue weighted by Gasteiger charge is 2.12. The van der Waals surface area contributed by atoms with Crippen LogP contribution in [-0.2, 0) is 0 Å². The molecule has 0 saturated carbocycles. The predicted octanol–water partition coefficient (Wildman–Crippen LogP) is 4.65. The van der Waals surface area contributed by atoms with Gasteiger partial charge in [-0.15, -0.1) is 0 Å². The first-order valence-corrected chi connectivity index (χ1v) is 7.48. The Labute approximate surface area is 130 Å². The van der Waals surface area contributed by atoms with E-state index in [1.165, 1.54) is 11.6 Å². The molecule has 0 aliphatic rings. The van der Waals surface area contributed by atoms with E-state index in [4.69, 9.17) is 12.2 Å². The average Bonchev–Trinajstić information content (AvgIpc) is 2.50. The van der Waals surface area contributed by atoms with Crippen molar-refractivity contribution in [2.45, 2.75) is 25.8 Å². The minimum Gasteiger partial charge on any atom is -0.356 e. The zero-order valence-corrected chi connectivity index (χ0v) is 12.8. The Kier molecular flexibility index (Phi) is 5.69. The molecule has 0 spiro atoms. The summed E-state index contributed by atoms with van der Waals surface area (Å²) in [5.74, 6) is -0.312. The lowest BCUT2D eigenvalue weighted by Crippen LogP contribution is -2.32. The second-order valence-electron chi connectivity index (χ2n) is 4.83. The summed E-state index contributed by atoms with van der Waals surface area (Å²) < 4.78 is 13.6. The van der Waals surface area contributed by atoms with Crippen molar-refractivity contribution in [1.82, 2.24) is 5.32 Å². The lowest BCUT2D eigenvalue weighted by atomic mass is 10.0. The molecule has 0 bridgehead atoms. The zero-order chi connectivity index (χ0) is 15.1. The number of thiocarbonyl (C=S) groups is 1. The van der Waals surface area contributed by atoms with Crippen molar-refractivity contribution in [2.75, 3.05) is 5.32 Å². The second-order valence-corrected chi connectivity index (χ2v) is 5.24. The number of hydrogen-bond donors (Lipinski definition) is 2. The van der Waals surface area contributed by atoms with Crippen molar-refractivity contribution in [1.29, 1.82) is 0 Å². The van der Waals surface area contributed by atoms with Gasteiger partial charge in [-0.2, -0.15) is 0 Å². The molecule has 21 heavy (non-hydrogen) atoms. The van der Waals surface area contributed by atoms with Gasteiger partial charge >= 0.3 is 0 Å². The highest BCUT2D eigenvalue weighted by atomic mass is 32.1. The summed E-state index contributed by atoms with van der Waals surface area (Å²) in [5, 5.41) is 6.61. The molecule has 2 aromatic rings. The van der Waals surface area contributed by atoms with E-state index < -0.39 is 0 Å². The largest absolute Gasteiger partial charge is 0.356 e. The van der Waals surface area contributed by atoms with Gasteiger partial charge in [0.2, 0.25) is 0 Å². The Bertz CT molecular complexity index is 586. The second kappa shape index (κ2) is 7.74. The maximum absolute atomic E-state index is 13.6. The summed E-state index contributed by atoms with van der Waals surface area (Å²) in [5.41, 5.74) is 1.57. The summed E-state index contributed by atoms with van der Waals surface area (Å²) in [6, 6.07) is 16.8. The standard InChI is InChI=1S/C17H19FN2S/c1-2-8-15(13-9-4-3-5-10-13)19-17(21)20-16-12-7-6-11-14(16)18/h3-7,9-12,15H,2,8H2,1H3,(H2,19,20,21)/t15-/m1/s1. The van der Waals surface area contributed by atoms with Gasteiger partial charge in [0, 0.05) is 0 Å². The van der Waals surface area contributed by atoms with E-state index in [2.05, 4.69) is 29.7 Å². The third-order valence-electron chi connectivity index (χ3n) is 3.21. The fraction of sp³-hybridized carbons (Fsp3) is 0.235. The van der Waals surface area contributed by atoms with Gasteiger partial charge < -0.3 is 10.6 Å². The number of rotatable bonds is 5. The van der Waals surface area contributed by atoms with Crippen LogP contribution in [0.2, 0.25) is 0 Å². The van der Waals surface area contributed by atoms with Gasteiger partial charge in [-0.05, 0) is 36.3 Å². The van der Waals surface area contributed by atoms with E-state index >= 15 is 0 Å². The number of para-hydroxylation sites is 1.